The van der Waals surface area contributed by atoms with Crippen molar-refractivity contribution in [3.8, 4) is 28.4 Å². The monoisotopic (exact) mass is 833 g/mol. The zero-order valence-corrected chi connectivity index (χ0v) is 39.0. The van der Waals surface area contributed by atoms with Gasteiger partial charge in [0.2, 0.25) is 5.90 Å². The Morgan fingerprint density at radius 2 is 1.46 bits per heavy atom. The van der Waals surface area contributed by atoms with Crippen LogP contribution < -0.4 is 4.74 Å². The third-order valence-electron chi connectivity index (χ3n) is 14.5. The number of aryl methyl sites for hydroxylation is 1. The molecule has 1 aliphatic carbocycles. The highest BCUT2D eigenvalue weighted by atomic mass is 16.5. The molecule has 0 spiro atoms. The summed E-state index contributed by atoms with van der Waals surface area (Å²) < 4.78 is 16.7. The Labute approximate surface area is 374 Å². The quantitative estimate of drug-likeness (QED) is 0.153. The lowest BCUT2D eigenvalue weighted by atomic mass is 9.73. The predicted octanol–water partition coefficient (Wildman–Crippen LogP) is 15.6. The number of nitrogens with zero attached hydrogens (tertiary/aromatic N) is 3. The van der Waals surface area contributed by atoms with Gasteiger partial charge in [0.25, 0.3) is 0 Å². The molecular formula is C58H63N3O2. The van der Waals surface area contributed by atoms with Gasteiger partial charge in [-0.25, -0.2) is 9.98 Å². The van der Waals surface area contributed by atoms with Crippen LogP contribution >= 0.6 is 0 Å². The average Bonchev–Trinajstić information content (AvgIpc) is 3.86. The summed E-state index contributed by atoms with van der Waals surface area (Å²) in [7, 11) is 0. The van der Waals surface area contributed by atoms with Gasteiger partial charge >= 0.3 is 0 Å². The van der Waals surface area contributed by atoms with Gasteiger partial charge in [-0.15, -0.1) is 0 Å². The Morgan fingerprint density at radius 1 is 0.746 bits per heavy atom. The van der Waals surface area contributed by atoms with Gasteiger partial charge in [-0.05, 0) is 124 Å². The standard InChI is InChI=1S/C58H63N3O2/c1-34(2)43-23-17-24-44(35(3)4)51(43)39-28-40(56-60-52(37-19-13-11-14-20-37)54(63-56)38-21-15-12-16-22-38)30-42(29-39)62-50-33-49-45(27-36(50)5)46-31-41(57(6,7)8)32-48-53(46)61(49)55-47(58(48,9)10)25-18-26-59-55/h12,15-18,21-35,37,52,54H,11,13-14,19-20H2,1-10H3/t52-,54-/m1/s1. The molecule has 2 aromatic heterocycles. The molecule has 2 aliphatic heterocycles. The molecule has 63 heavy (non-hydrogen) atoms. The molecule has 0 saturated heterocycles. The molecule has 2 atom stereocenters. The van der Waals surface area contributed by atoms with E-state index in [1.54, 1.807) is 0 Å². The number of aromatic nitrogens is 2. The van der Waals surface area contributed by atoms with E-state index in [9.17, 15) is 0 Å². The normalized spacial score (nSPS) is 18.6. The van der Waals surface area contributed by atoms with Gasteiger partial charge < -0.3 is 9.47 Å². The second-order valence-corrected chi connectivity index (χ2v) is 20.9. The van der Waals surface area contributed by atoms with Crippen LogP contribution in [0.5, 0.6) is 11.5 Å². The molecule has 0 amide bonds. The first-order chi connectivity index (χ1) is 30.2. The smallest absolute Gasteiger partial charge is 0.217 e. The number of hydrogen-bond acceptors (Lipinski definition) is 4. The number of rotatable bonds is 8. The van der Waals surface area contributed by atoms with Gasteiger partial charge in [0.1, 0.15) is 23.4 Å². The average molecular weight is 834 g/mol. The molecule has 4 heterocycles. The summed E-state index contributed by atoms with van der Waals surface area (Å²) in [5.74, 6) is 4.45. The largest absolute Gasteiger partial charge is 0.467 e. The van der Waals surface area contributed by atoms with E-state index in [0.717, 1.165) is 39.5 Å². The lowest BCUT2D eigenvalue weighted by Gasteiger charge is -2.35. The van der Waals surface area contributed by atoms with Crippen molar-refractivity contribution >= 4 is 27.7 Å². The van der Waals surface area contributed by atoms with Crippen molar-refractivity contribution in [2.45, 2.75) is 136 Å². The van der Waals surface area contributed by atoms with Gasteiger partial charge in [0.05, 0.1) is 17.1 Å². The minimum atomic E-state index is -0.222. The maximum Gasteiger partial charge on any atom is 0.217 e. The Kier molecular flexibility index (Phi) is 10.2. The van der Waals surface area contributed by atoms with Gasteiger partial charge in [0.15, 0.2) is 0 Å². The molecule has 5 nitrogen and oxygen atoms in total. The molecule has 7 aromatic rings. The number of hydrogen-bond donors (Lipinski definition) is 0. The SMILES string of the molecule is Cc1cc2c3cc(C(C)(C)C)cc4c3n(c2cc1Oc1cc(C2=N[C@H](C3CCCCC3)[C@@H](c3ccccc3)O2)cc(-c2c(C(C)C)cccc2C(C)C)c1)-c1ncccc1C4(C)C. The van der Waals surface area contributed by atoms with Crippen molar-refractivity contribution in [2.24, 2.45) is 10.9 Å². The molecule has 10 rings (SSSR count). The predicted molar refractivity (Wildman–Crippen MR) is 261 cm³/mol. The van der Waals surface area contributed by atoms with E-state index in [2.05, 4.69) is 177 Å². The topological polar surface area (TPSA) is 48.6 Å². The molecular weight excluding hydrogens is 771 g/mol. The van der Waals surface area contributed by atoms with E-state index in [1.165, 1.54) is 87.3 Å². The van der Waals surface area contributed by atoms with Crippen molar-refractivity contribution in [3.05, 3.63) is 154 Å². The van der Waals surface area contributed by atoms with Crippen LogP contribution in [0.1, 0.15) is 157 Å². The zero-order chi connectivity index (χ0) is 43.9. The number of aliphatic imine (C=N–C) groups is 1. The summed E-state index contributed by atoms with van der Waals surface area (Å²) in [5.41, 5.74) is 14.3. The summed E-state index contributed by atoms with van der Waals surface area (Å²) in [6.45, 7) is 23.0. The number of pyridine rings is 1. The minimum absolute atomic E-state index is 0.0142. The van der Waals surface area contributed by atoms with Crippen LogP contribution in [-0.4, -0.2) is 21.5 Å². The van der Waals surface area contributed by atoms with E-state index in [4.69, 9.17) is 19.5 Å². The Balaban J connectivity index is 1.17. The fourth-order valence-electron chi connectivity index (χ4n) is 11.0. The van der Waals surface area contributed by atoms with Gasteiger partial charge in [-0.2, -0.15) is 0 Å². The van der Waals surface area contributed by atoms with E-state index in [1.807, 2.05) is 6.20 Å². The van der Waals surface area contributed by atoms with Crippen molar-refractivity contribution in [2.75, 3.05) is 0 Å². The molecule has 322 valence electrons. The number of benzene rings is 5. The highest BCUT2D eigenvalue weighted by molar-refractivity contribution is 6.12. The molecule has 0 bridgehead atoms. The van der Waals surface area contributed by atoms with Crippen LogP contribution in [0.3, 0.4) is 0 Å². The van der Waals surface area contributed by atoms with Gasteiger partial charge in [-0.1, -0.05) is 142 Å². The minimum Gasteiger partial charge on any atom is -0.467 e. The second kappa shape index (κ2) is 15.5. The lowest BCUT2D eigenvalue weighted by molar-refractivity contribution is 0.150. The van der Waals surface area contributed by atoms with E-state index < -0.39 is 0 Å². The molecule has 3 aliphatic rings. The van der Waals surface area contributed by atoms with E-state index in [-0.39, 0.29) is 23.0 Å². The Bertz CT molecular complexity index is 2890. The first-order valence-corrected chi connectivity index (χ1v) is 23.5. The number of fused-ring (bicyclic) bond motifs is 5. The highest BCUT2D eigenvalue weighted by Crippen LogP contribution is 2.50. The molecule has 1 saturated carbocycles. The van der Waals surface area contributed by atoms with Crippen molar-refractivity contribution in [1.82, 2.24) is 9.55 Å². The number of ether oxygens (including phenoxy) is 2. The third-order valence-corrected chi connectivity index (χ3v) is 14.5. The summed E-state index contributed by atoms with van der Waals surface area (Å²) in [6, 6.07) is 38.1. The van der Waals surface area contributed by atoms with Crippen LogP contribution in [0.2, 0.25) is 0 Å². The van der Waals surface area contributed by atoms with Gasteiger partial charge in [-0.3, -0.25) is 4.57 Å². The van der Waals surface area contributed by atoms with Crippen molar-refractivity contribution < 1.29 is 9.47 Å². The lowest BCUT2D eigenvalue weighted by Crippen LogP contribution is -2.28. The van der Waals surface area contributed by atoms with Gasteiger partial charge in [0, 0.05) is 39.6 Å². The zero-order valence-electron chi connectivity index (χ0n) is 39.0. The first kappa shape index (κ1) is 41.3. The van der Waals surface area contributed by atoms with E-state index >= 15 is 0 Å². The summed E-state index contributed by atoms with van der Waals surface area (Å²) in [4.78, 5) is 10.6. The summed E-state index contributed by atoms with van der Waals surface area (Å²) >= 11 is 0. The third kappa shape index (κ3) is 7.07. The van der Waals surface area contributed by atoms with Crippen molar-refractivity contribution in [1.29, 1.82) is 0 Å². The molecule has 1 fully saturated rings. The van der Waals surface area contributed by atoms with Crippen LogP contribution in [-0.2, 0) is 15.6 Å². The molecule has 0 unspecified atom stereocenters. The van der Waals surface area contributed by atoms with Crippen LogP contribution in [0, 0.1) is 12.8 Å². The maximum absolute atomic E-state index is 7.24. The van der Waals surface area contributed by atoms with Crippen molar-refractivity contribution in [3.63, 3.8) is 0 Å². The highest BCUT2D eigenvalue weighted by Gasteiger charge is 2.40. The molecule has 0 N–H and O–H groups in total. The molecule has 5 aromatic carbocycles. The van der Waals surface area contributed by atoms with Crippen LogP contribution in [0.4, 0.5) is 0 Å². The molecule has 0 radical (unpaired) electrons. The van der Waals surface area contributed by atoms with Crippen LogP contribution in [0.15, 0.2) is 114 Å². The van der Waals surface area contributed by atoms with E-state index in [0.29, 0.717) is 23.7 Å². The second-order valence-electron chi connectivity index (χ2n) is 20.9. The maximum atomic E-state index is 7.24. The molecule has 5 heteroatoms. The first-order valence-electron chi connectivity index (χ1n) is 23.5. The fourth-order valence-corrected chi connectivity index (χ4v) is 11.0. The summed E-state index contributed by atoms with van der Waals surface area (Å²) in [5, 5.41) is 2.48. The Hall–Kier alpha value is -5.68. The van der Waals surface area contributed by atoms with Crippen LogP contribution in [0.25, 0.3) is 38.8 Å². The Morgan fingerprint density at radius 3 is 2.16 bits per heavy atom. The summed E-state index contributed by atoms with van der Waals surface area (Å²) in [6.07, 6.45) is 8.00. The fraction of sp³-hybridized carbons (Fsp3) is 0.379.